The van der Waals surface area contributed by atoms with E-state index in [1.165, 1.54) is 189 Å². The fourth-order valence-corrected chi connectivity index (χ4v) is 14.6. The Morgan fingerprint density at radius 3 is 0.929 bits per heavy atom. The topological polar surface area (TPSA) is 354 Å². The molecule has 28 heteroatoms. The van der Waals surface area contributed by atoms with E-state index >= 15 is 28.8 Å². The highest BCUT2D eigenvalue weighted by atomic mass is 16.8. The SMILES string of the molecule is COC1OC(COC(=O)c2ccccc2)C(OC2OC(COC(=O)c3ccccc3)C(OC3OC(COC(=O)c4ccccc4)C(O)C(OC(=O)c4ccccc4)C3N3C(=O)c4ccccc4C3=O)C(OC(=O)c3ccccc3)C2N2C(=O)c3ccccc3C2=O)C(OC(=O)c2ccccc2)C1n1c(O)c2ccccc2c1O. The van der Waals surface area contributed by atoms with Gasteiger partial charge in [0.05, 0.1) is 55.6 Å². The van der Waals surface area contributed by atoms with E-state index in [2.05, 4.69) is 0 Å². The van der Waals surface area contributed by atoms with Gasteiger partial charge in [0.15, 0.2) is 37.2 Å². The molecule has 0 saturated carbocycles. The molecule has 5 aliphatic heterocycles. The van der Waals surface area contributed by atoms with Crippen LogP contribution in [0, 0.1) is 0 Å². The van der Waals surface area contributed by atoms with Crippen molar-refractivity contribution >= 4 is 70.2 Å². The molecular formula is C85H69N3O25. The van der Waals surface area contributed by atoms with Gasteiger partial charge in [-0.2, -0.15) is 0 Å². The van der Waals surface area contributed by atoms with Gasteiger partial charge in [0.1, 0.15) is 74.6 Å². The van der Waals surface area contributed by atoms with Gasteiger partial charge < -0.3 is 72.2 Å². The van der Waals surface area contributed by atoms with Crippen LogP contribution in [0.1, 0.15) is 110 Å². The van der Waals surface area contributed by atoms with Crippen LogP contribution in [0.5, 0.6) is 11.8 Å². The van der Waals surface area contributed by atoms with Crippen molar-refractivity contribution in [2.45, 2.75) is 91.9 Å². The number of aliphatic hydroxyl groups is 1. The molecule has 15 unspecified atom stereocenters. The Morgan fingerprint density at radius 2 is 0.593 bits per heavy atom. The van der Waals surface area contributed by atoms with Crippen molar-refractivity contribution in [3.63, 3.8) is 0 Å². The Hall–Kier alpha value is -13.1. The predicted octanol–water partition coefficient (Wildman–Crippen LogP) is 9.12. The number of fused-ring (bicyclic) bond motifs is 3. The summed E-state index contributed by atoms with van der Waals surface area (Å²) in [6.45, 7) is -2.79. The molecule has 5 aliphatic rings. The number of aromatic hydroxyl groups is 2. The molecule has 10 aromatic rings. The van der Waals surface area contributed by atoms with Crippen molar-refractivity contribution < 1.29 is 120 Å². The number of nitrogens with zero attached hydrogens (tertiary/aromatic N) is 3. The number of benzene rings is 9. The maximum atomic E-state index is 15.9. The lowest BCUT2D eigenvalue weighted by molar-refractivity contribution is -0.359. The number of ether oxygens (including phenoxy) is 12. The fourth-order valence-electron chi connectivity index (χ4n) is 14.6. The third kappa shape index (κ3) is 15.0. The molecule has 113 heavy (non-hydrogen) atoms. The average Bonchev–Trinajstić information content (AvgIpc) is 1.68. The molecule has 6 heterocycles. The molecule has 15 atom stereocenters. The minimum Gasteiger partial charge on any atom is -0.494 e. The zero-order valence-corrected chi connectivity index (χ0v) is 59.7. The first kappa shape index (κ1) is 75.4. The molecule has 574 valence electrons. The highest BCUT2D eigenvalue weighted by molar-refractivity contribution is 6.22. The molecule has 3 N–H and O–H groups in total. The third-order valence-electron chi connectivity index (χ3n) is 20.0. The van der Waals surface area contributed by atoms with E-state index in [1.54, 1.807) is 72.8 Å². The van der Waals surface area contributed by atoms with Crippen LogP contribution >= 0.6 is 0 Å². The van der Waals surface area contributed by atoms with Crippen LogP contribution < -0.4 is 0 Å². The van der Waals surface area contributed by atoms with Crippen LogP contribution in [0.4, 0.5) is 0 Å². The lowest BCUT2D eigenvalue weighted by Gasteiger charge is -2.52. The maximum absolute atomic E-state index is 15.9. The molecule has 28 nitrogen and oxygen atoms in total. The number of aromatic nitrogens is 1. The second kappa shape index (κ2) is 32.9. The summed E-state index contributed by atoms with van der Waals surface area (Å²) in [5.41, 5.74) is -1.09. The Labute approximate surface area is 642 Å². The van der Waals surface area contributed by atoms with E-state index in [0.717, 1.165) is 4.57 Å². The number of carbonyl (C=O) groups excluding carboxylic acids is 10. The third-order valence-corrected chi connectivity index (χ3v) is 20.0. The Bertz CT molecular complexity index is 5120. The summed E-state index contributed by atoms with van der Waals surface area (Å²) in [4.78, 5) is 152. The number of esters is 6. The van der Waals surface area contributed by atoms with Crippen molar-refractivity contribution in [2.24, 2.45) is 0 Å². The van der Waals surface area contributed by atoms with Crippen LogP contribution in [0.15, 0.2) is 255 Å². The molecule has 0 spiro atoms. The second-order valence-corrected chi connectivity index (χ2v) is 26.7. The van der Waals surface area contributed by atoms with Gasteiger partial charge in [0.25, 0.3) is 23.6 Å². The molecule has 15 rings (SSSR count). The van der Waals surface area contributed by atoms with E-state index in [1.807, 2.05) is 0 Å². The molecular weight excluding hydrogens is 1460 g/mol. The second-order valence-electron chi connectivity index (χ2n) is 26.7. The van der Waals surface area contributed by atoms with Crippen LogP contribution in [-0.2, 0) is 56.8 Å². The summed E-state index contributed by atoms with van der Waals surface area (Å²) in [6, 6.07) is 56.1. The van der Waals surface area contributed by atoms with E-state index in [-0.39, 0.29) is 66.4 Å². The summed E-state index contributed by atoms with van der Waals surface area (Å²) in [5.74, 6) is -11.9. The summed E-state index contributed by atoms with van der Waals surface area (Å²) < 4.78 is 80.1. The number of aliphatic hydroxyl groups excluding tert-OH is 1. The van der Waals surface area contributed by atoms with Gasteiger partial charge in [-0.05, 0) is 109 Å². The van der Waals surface area contributed by atoms with Crippen LogP contribution in [0.2, 0.25) is 0 Å². The number of imide groups is 2. The van der Waals surface area contributed by atoms with E-state index < -0.39 is 183 Å². The Balaban J connectivity index is 0.942. The molecule has 3 fully saturated rings. The maximum Gasteiger partial charge on any atom is 0.338 e. The predicted molar refractivity (Wildman–Crippen MR) is 392 cm³/mol. The smallest absolute Gasteiger partial charge is 0.338 e. The van der Waals surface area contributed by atoms with E-state index in [0.29, 0.717) is 9.80 Å². The summed E-state index contributed by atoms with van der Waals surface area (Å²) in [5, 5.41) is 37.9. The van der Waals surface area contributed by atoms with Gasteiger partial charge in [-0.15, -0.1) is 0 Å². The summed E-state index contributed by atoms with van der Waals surface area (Å²) in [6.07, 6.45) is -25.3. The molecule has 1 aromatic heterocycles. The van der Waals surface area contributed by atoms with Crippen molar-refractivity contribution in [1.82, 2.24) is 14.4 Å². The van der Waals surface area contributed by atoms with Gasteiger partial charge in [-0.25, -0.2) is 28.8 Å². The van der Waals surface area contributed by atoms with Gasteiger partial charge in [-0.3, -0.25) is 33.5 Å². The molecule has 0 bridgehead atoms. The van der Waals surface area contributed by atoms with Gasteiger partial charge in [0, 0.05) is 17.9 Å². The number of hydrogen-bond acceptors (Lipinski definition) is 25. The van der Waals surface area contributed by atoms with Crippen LogP contribution in [-0.4, -0.2) is 202 Å². The lowest BCUT2D eigenvalue weighted by atomic mass is 9.92. The molecule has 9 aromatic carbocycles. The largest absolute Gasteiger partial charge is 0.494 e. The first-order chi connectivity index (χ1) is 55.0. The molecule has 0 radical (unpaired) electrons. The standard InChI is InChI=1S/C85H69N3O25/c1-102-83-63(87-73(92)55-40-22-23-41-56(55)74(87)93)69(110-81(100)51-34-16-6-17-35-51)66(60(107-83)45-104-78(97)48-28-10-3-11-29-48)113-85-64(88-75(94)57-42-24-25-43-58(57)76(88)95)70(111-82(101)52-36-18-7-19-37-52)67(61(108-85)46-105-79(98)49-30-12-4-13-31-49)112-84-62(86-71(90)53-38-20-21-39-54(53)72(86)91)68(109-80(99)50-32-14-5-15-33-50)65(89)59(106-84)44-103-77(96)47-26-8-2-9-27-47/h2-43,59-70,83-85,89,92-93H,44-46H2,1H3. The van der Waals surface area contributed by atoms with E-state index in [9.17, 15) is 34.5 Å². The normalized spacial score (nSPS) is 24.5. The van der Waals surface area contributed by atoms with Crippen molar-refractivity contribution in [3.05, 3.63) is 310 Å². The quantitative estimate of drug-likeness (QED) is 0.0305. The van der Waals surface area contributed by atoms with Crippen molar-refractivity contribution in [2.75, 3.05) is 26.9 Å². The van der Waals surface area contributed by atoms with Crippen LogP contribution in [0.3, 0.4) is 0 Å². The highest BCUT2D eigenvalue weighted by Gasteiger charge is 2.63. The zero-order chi connectivity index (χ0) is 78.6. The first-order valence-corrected chi connectivity index (χ1v) is 35.8. The van der Waals surface area contributed by atoms with E-state index in [4.69, 9.17) is 56.8 Å². The monoisotopic (exact) mass is 1530 g/mol. The number of amides is 4. The Kier molecular flexibility index (Phi) is 21.9. The Morgan fingerprint density at radius 1 is 0.327 bits per heavy atom. The minimum atomic E-state index is -2.40. The highest BCUT2D eigenvalue weighted by Crippen LogP contribution is 2.48. The first-order valence-electron chi connectivity index (χ1n) is 35.8. The minimum absolute atomic E-state index is 0.0333. The van der Waals surface area contributed by atoms with Crippen molar-refractivity contribution in [1.29, 1.82) is 0 Å². The number of methoxy groups -OCH3 is 1. The summed E-state index contributed by atoms with van der Waals surface area (Å²) >= 11 is 0. The van der Waals surface area contributed by atoms with Crippen LogP contribution in [0.25, 0.3) is 10.8 Å². The molecule has 3 saturated heterocycles. The molecule has 0 aliphatic carbocycles. The number of carbonyl (C=O) groups is 10. The van der Waals surface area contributed by atoms with Gasteiger partial charge >= 0.3 is 35.8 Å². The molecule has 4 amide bonds. The zero-order valence-electron chi connectivity index (χ0n) is 59.7. The van der Waals surface area contributed by atoms with Gasteiger partial charge in [0.2, 0.25) is 11.8 Å². The lowest BCUT2D eigenvalue weighted by Crippen LogP contribution is -2.72. The van der Waals surface area contributed by atoms with Crippen molar-refractivity contribution in [3.8, 4) is 11.8 Å². The number of rotatable bonds is 23. The summed E-state index contributed by atoms with van der Waals surface area (Å²) in [7, 11) is 1.19. The fraction of sp³-hybridized carbons (Fsp3) is 0.224. The average molecular weight is 1530 g/mol. The number of hydrogen-bond donors (Lipinski definition) is 3. The van der Waals surface area contributed by atoms with Gasteiger partial charge in [-0.1, -0.05) is 146 Å².